The minimum absolute atomic E-state index is 0.141. The van der Waals surface area contributed by atoms with Crippen LogP contribution in [0.4, 0.5) is 23.2 Å². The van der Waals surface area contributed by atoms with Crippen LogP contribution in [0.15, 0.2) is 47.7 Å². The molecule has 10 heteroatoms. The summed E-state index contributed by atoms with van der Waals surface area (Å²) in [5.74, 6) is -1.95. The molecule has 2 aliphatic rings. The number of hydrogen-bond acceptors (Lipinski definition) is 5. The van der Waals surface area contributed by atoms with Crippen LogP contribution in [0, 0.1) is 5.92 Å². The van der Waals surface area contributed by atoms with Crippen molar-refractivity contribution in [1.29, 1.82) is 0 Å². The number of allylic oxidation sites excluding steroid dienone is 3. The average molecular weight is 435 g/mol. The predicted octanol–water partition coefficient (Wildman–Crippen LogP) is 3.62. The number of rotatable bonds is 4. The molecule has 0 spiro atoms. The topological polar surface area (TPSA) is 92.9 Å². The minimum Gasteiger partial charge on any atom is -0.380 e. The summed E-state index contributed by atoms with van der Waals surface area (Å²) in [6, 6.07) is 3.08. The molecule has 2 heterocycles. The summed E-state index contributed by atoms with van der Waals surface area (Å²) in [4.78, 5) is 19.9. The summed E-state index contributed by atoms with van der Waals surface area (Å²) in [6.45, 7) is 1.23. The van der Waals surface area contributed by atoms with Crippen molar-refractivity contribution in [3.05, 3.63) is 53.3 Å². The molecule has 1 aromatic heterocycles. The number of nitrogens with two attached hydrogens (primary N) is 1. The van der Waals surface area contributed by atoms with E-state index in [1.807, 2.05) is 0 Å². The Hall–Kier alpha value is -3.01. The molecule has 1 fully saturated rings. The lowest BCUT2D eigenvalue weighted by Gasteiger charge is -2.36. The van der Waals surface area contributed by atoms with E-state index in [1.165, 1.54) is 6.33 Å². The lowest BCUT2D eigenvalue weighted by molar-refractivity contribution is -0.0959. The van der Waals surface area contributed by atoms with Crippen LogP contribution in [0.5, 0.6) is 0 Å². The van der Waals surface area contributed by atoms with Gasteiger partial charge in [-0.2, -0.15) is 13.2 Å². The number of hydrogen-bond donors (Lipinski definition) is 3. The number of carbonyl (C=O) groups excluding carboxylic acids is 1. The van der Waals surface area contributed by atoms with Crippen LogP contribution >= 0.6 is 0 Å². The van der Waals surface area contributed by atoms with Crippen LogP contribution in [-0.4, -0.2) is 41.2 Å². The number of anilines is 1. The van der Waals surface area contributed by atoms with Crippen molar-refractivity contribution in [3.8, 4) is 0 Å². The van der Waals surface area contributed by atoms with Gasteiger partial charge >= 0.3 is 6.18 Å². The molecule has 1 unspecified atom stereocenters. The fraction of sp³-hybridized carbons (Fsp3) is 0.381. The highest BCUT2D eigenvalue weighted by molar-refractivity contribution is 6.07. The largest absolute Gasteiger partial charge is 0.415 e. The van der Waals surface area contributed by atoms with Crippen molar-refractivity contribution in [2.75, 3.05) is 18.4 Å². The maximum absolute atomic E-state index is 14.2. The van der Waals surface area contributed by atoms with E-state index in [9.17, 15) is 22.4 Å². The molecule has 2 aromatic rings. The molecule has 0 saturated carbocycles. The number of halogens is 4. The van der Waals surface area contributed by atoms with Crippen molar-refractivity contribution < 1.29 is 22.4 Å². The van der Waals surface area contributed by atoms with Gasteiger partial charge in [0.25, 0.3) is 5.91 Å². The Balaban J connectivity index is 1.65. The molecule has 1 aliphatic carbocycles. The summed E-state index contributed by atoms with van der Waals surface area (Å²) >= 11 is 0. The Morgan fingerprint density at radius 2 is 2.06 bits per heavy atom. The van der Waals surface area contributed by atoms with Gasteiger partial charge in [0.1, 0.15) is 12.2 Å². The molecule has 0 radical (unpaired) electrons. The number of primary amides is 1. The Labute approximate surface area is 175 Å². The quantitative estimate of drug-likeness (QED) is 0.638. The first-order valence-corrected chi connectivity index (χ1v) is 9.92. The molecule has 31 heavy (non-hydrogen) atoms. The van der Waals surface area contributed by atoms with E-state index in [1.54, 1.807) is 18.3 Å². The zero-order valence-corrected chi connectivity index (χ0v) is 16.5. The Kier molecular flexibility index (Phi) is 5.65. The van der Waals surface area contributed by atoms with Crippen molar-refractivity contribution in [3.63, 3.8) is 0 Å². The van der Waals surface area contributed by atoms with Gasteiger partial charge in [0, 0.05) is 35.8 Å². The van der Waals surface area contributed by atoms with E-state index in [2.05, 4.69) is 20.6 Å². The molecule has 1 amide bonds. The summed E-state index contributed by atoms with van der Waals surface area (Å²) in [6.07, 6.45) is -0.249. The van der Waals surface area contributed by atoms with Gasteiger partial charge in [-0.1, -0.05) is 5.57 Å². The van der Waals surface area contributed by atoms with Gasteiger partial charge in [-0.25, -0.2) is 14.4 Å². The zero-order chi connectivity index (χ0) is 22.2. The monoisotopic (exact) mass is 435 g/mol. The second-order valence-electron chi connectivity index (χ2n) is 7.70. The number of aromatic nitrogens is 2. The third-order valence-electron chi connectivity index (χ3n) is 5.85. The van der Waals surface area contributed by atoms with Crippen LogP contribution in [0.1, 0.15) is 29.6 Å². The van der Waals surface area contributed by atoms with E-state index < -0.39 is 23.5 Å². The van der Waals surface area contributed by atoms with E-state index in [0.717, 1.165) is 6.08 Å². The van der Waals surface area contributed by atoms with Crippen LogP contribution in [0.2, 0.25) is 0 Å². The second-order valence-corrected chi connectivity index (χ2v) is 7.70. The Morgan fingerprint density at radius 1 is 1.26 bits per heavy atom. The third kappa shape index (κ3) is 4.25. The number of nitrogens with one attached hydrogen (secondary N) is 2. The molecule has 164 valence electrons. The van der Waals surface area contributed by atoms with Crippen LogP contribution < -0.4 is 16.4 Å². The standard InChI is InChI=1S/C21H21F4N5O/c22-16-7-11(1-3-15(16)21(23,24)25)12-5-6-27-9-18(12)30-17-4-2-13(20(26)31)19-14(17)8-28-10-29-19/h2,4,7-8,10,12,18,27,30H,1,3,5-6,9H2,(H2,26,31)/t12-,18?/m0/s1. The Bertz CT molecular complexity index is 1080. The summed E-state index contributed by atoms with van der Waals surface area (Å²) in [5.41, 5.74) is 6.35. The third-order valence-corrected chi connectivity index (χ3v) is 5.85. The van der Waals surface area contributed by atoms with E-state index in [0.29, 0.717) is 41.7 Å². The second kappa shape index (κ2) is 8.26. The van der Waals surface area contributed by atoms with Gasteiger partial charge < -0.3 is 16.4 Å². The number of benzene rings is 1. The maximum atomic E-state index is 14.2. The average Bonchev–Trinajstić information content (AvgIpc) is 2.73. The van der Waals surface area contributed by atoms with Crippen molar-refractivity contribution >= 4 is 22.5 Å². The van der Waals surface area contributed by atoms with Gasteiger partial charge in [-0.3, -0.25) is 4.79 Å². The summed E-state index contributed by atoms with van der Waals surface area (Å²) < 4.78 is 53.1. The van der Waals surface area contributed by atoms with Crippen molar-refractivity contribution in [1.82, 2.24) is 15.3 Å². The van der Waals surface area contributed by atoms with E-state index in [4.69, 9.17) is 5.73 Å². The highest BCUT2D eigenvalue weighted by Crippen LogP contribution is 2.40. The van der Waals surface area contributed by atoms with E-state index in [-0.39, 0.29) is 30.4 Å². The fourth-order valence-corrected chi connectivity index (χ4v) is 4.34. The first-order valence-electron chi connectivity index (χ1n) is 9.92. The lowest BCUT2D eigenvalue weighted by atomic mass is 9.80. The molecule has 4 rings (SSSR count). The van der Waals surface area contributed by atoms with E-state index >= 15 is 0 Å². The summed E-state index contributed by atoms with van der Waals surface area (Å²) in [5, 5.41) is 7.27. The van der Waals surface area contributed by atoms with Crippen LogP contribution in [-0.2, 0) is 0 Å². The highest BCUT2D eigenvalue weighted by Gasteiger charge is 2.39. The normalized spacial score (nSPS) is 22.4. The molecular weight excluding hydrogens is 414 g/mol. The molecule has 2 atom stereocenters. The van der Waals surface area contributed by atoms with Crippen molar-refractivity contribution in [2.24, 2.45) is 11.7 Å². The molecule has 0 bridgehead atoms. The molecule has 1 aliphatic heterocycles. The SMILES string of the molecule is NC(=O)c1ccc(NC2CNCC[C@H]2C2=CC(F)=C(C(F)(F)F)CC2)c2cncnc12. The van der Waals surface area contributed by atoms with Gasteiger partial charge in [-0.05, 0) is 44.0 Å². The number of piperidine rings is 1. The zero-order valence-electron chi connectivity index (χ0n) is 16.5. The van der Waals surface area contributed by atoms with Crippen LogP contribution in [0.25, 0.3) is 10.9 Å². The molecule has 1 saturated heterocycles. The van der Waals surface area contributed by atoms with Gasteiger partial charge in [0.15, 0.2) is 0 Å². The molecule has 1 aromatic carbocycles. The van der Waals surface area contributed by atoms with Gasteiger partial charge in [0.05, 0.1) is 16.7 Å². The smallest absolute Gasteiger partial charge is 0.380 e. The number of alkyl halides is 3. The predicted molar refractivity (Wildman–Crippen MR) is 108 cm³/mol. The Morgan fingerprint density at radius 3 is 2.77 bits per heavy atom. The highest BCUT2D eigenvalue weighted by atomic mass is 19.4. The molecule has 6 nitrogen and oxygen atoms in total. The maximum Gasteiger partial charge on any atom is 0.415 e. The van der Waals surface area contributed by atoms with Crippen molar-refractivity contribution in [2.45, 2.75) is 31.5 Å². The molecular formula is C21H21F4N5O. The van der Waals surface area contributed by atoms with Gasteiger partial charge in [-0.15, -0.1) is 0 Å². The number of nitrogens with zero attached hydrogens (tertiary/aromatic N) is 2. The van der Waals surface area contributed by atoms with Crippen LogP contribution in [0.3, 0.4) is 0 Å². The number of fused-ring (bicyclic) bond motifs is 1. The first-order chi connectivity index (χ1) is 14.8. The fourth-order valence-electron chi connectivity index (χ4n) is 4.34. The lowest BCUT2D eigenvalue weighted by Crippen LogP contribution is -2.46. The summed E-state index contributed by atoms with van der Waals surface area (Å²) in [7, 11) is 0. The number of carbonyl (C=O) groups is 1. The number of amides is 1. The van der Waals surface area contributed by atoms with Gasteiger partial charge in [0.2, 0.25) is 0 Å². The minimum atomic E-state index is -4.65. The molecule has 4 N–H and O–H groups in total. The first kappa shape index (κ1) is 21.2.